The topological polar surface area (TPSA) is 99.8 Å². The summed E-state index contributed by atoms with van der Waals surface area (Å²) in [7, 11) is -5.13. The molecule has 8 nitrogen and oxygen atoms in total. The van der Waals surface area contributed by atoms with Gasteiger partial charge in [-0.05, 0) is 42.8 Å². The summed E-state index contributed by atoms with van der Waals surface area (Å²) >= 11 is 23.0. The standard InChI is InChI=1S/C19H17Cl3N4O4S4/c1-11-8-15(14(31)9-13(11)20)33(27,28)23-19(26-6-4-12(5-7-26)25(2)3)24-34(29,30)16-10-17(21)32-18(16)22/h4-10H,1-3H3,(H-,23,24,31)/p+1. The first-order valence-corrected chi connectivity index (χ1v) is 14.5. The van der Waals surface area contributed by atoms with Gasteiger partial charge in [0.2, 0.25) is 0 Å². The van der Waals surface area contributed by atoms with E-state index < -0.39 is 26.0 Å². The Hall–Kier alpha value is -1.54. The SMILES string of the molecule is Cc1cc(S(=O)(=O)NC(=NS(=O)(=O)c2cc(Cl)sc2Cl)[n+]2ccc(N(C)C)cc2)c(S)cc1Cl. The number of pyridine rings is 1. The molecule has 0 radical (unpaired) electrons. The van der Waals surface area contributed by atoms with Crippen LogP contribution < -0.4 is 14.2 Å². The number of hydrogen-bond acceptors (Lipinski definition) is 7. The molecule has 3 aromatic rings. The van der Waals surface area contributed by atoms with E-state index in [4.69, 9.17) is 34.8 Å². The second-order valence-corrected chi connectivity index (χ2v) is 13.5. The Kier molecular flexibility index (Phi) is 8.13. The van der Waals surface area contributed by atoms with Crippen molar-refractivity contribution < 1.29 is 21.4 Å². The van der Waals surface area contributed by atoms with Gasteiger partial charge in [0.1, 0.15) is 14.1 Å². The third-order valence-corrected chi connectivity index (χ3v) is 9.75. The molecule has 1 N–H and O–H groups in total. The Bertz CT molecular complexity index is 1490. The van der Waals surface area contributed by atoms with Crippen LogP contribution in [0.5, 0.6) is 0 Å². The molecule has 0 unspecified atom stereocenters. The lowest BCUT2D eigenvalue weighted by Gasteiger charge is -2.12. The average molecular weight is 601 g/mol. The summed E-state index contributed by atoms with van der Waals surface area (Å²) in [6.45, 7) is 1.63. The quantitative estimate of drug-likeness (QED) is 0.198. The number of nitrogens with zero attached hydrogens (tertiary/aromatic N) is 3. The Morgan fingerprint density at radius 1 is 1.06 bits per heavy atom. The first-order valence-electron chi connectivity index (χ1n) is 9.22. The largest absolute Gasteiger partial charge is 0.423 e. The highest BCUT2D eigenvalue weighted by atomic mass is 35.5. The van der Waals surface area contributed by atoms with Gasteiger partial charge in [-0.25, -0.2) is 4.57 Å². The van der Waals surface area contributed by atoms with Crippen LogP contribution in [0.2, 0.25) is 13.7 Å². The van der Waals surface area contributed by atoms with E-state index in [2.05, 4.69) is 21.7 Å². The van der Waals surface area contributed by atoms with E-state index in [-0.39, 0.29) is 23.4 Å². The molecule has 0 fully saturated rings. The van der Waals surface area contributed by atoms with Crippen LogP contribution in [0.1, 0.15) is 5.56 Å². The molecular formula is C19H18Cl3N4O4S4+. The van der Waals surface area contributed by atoms with E-state index in [0.29, 0.717) is 10.6 Å². The summed E-state index contributed by atoms with van der Waals surface area (Å²) in [4.78, 5) is 1.35. The number of hydrogen-bond donors (Lipinski definition) is 2. The third kappa shape index (κ3) is 5.99. The Balaban J connectivity index is 2.17. The molecule has 2 heterocycles. The van der Waals surface area contributed by atoms with Gasteiger partial charge in [0.05, 0.1) is 16.7 Å². The second kappa shape index (κ2) is 10.2. The van der Waals surface area contributed by atoms with Crippen molar-refractivity contribution in [1.29, 1.82) is 0 Å². The van der Waals surface area contributed by atoms with Gasteiger partial charge in [-0.2, -0.15) is 21.6 Å². The maximum atomic E-state index is 13.2. The van der Waals surface area contributed by atoms with Crippen molar-refractivity contribution in [2.45, 2.75) is 21.6 Å². The van der Waals surface area contributed by atoms with Crippen LogP contribution in [0, 0.1) is 6.92 Å². The van der Waals surface area contributed by atoms with Gasteiger partial charge in [-0.15, -0.1) is 24.0 Å². The van der Waals surface area contributed by atoms with Gasteiger partial charge >= 0.3 is 26.0 Å². The van der Waals surface area contributed by atoms with E-state index in [1.807, 2.05) is 19.0 Å². The summed E-state index contributed by atoms with van der Waals surface area (Å²) in [5.41, 5.74) is 1.29. The number of sulfonamides is 2. The van der Waals surface area contributed by atoms with Gasteiger partial charge in [0.15, 0.2) is 0 Å². The molecule has 3 rings (SSSR count). The van der Waals surface area contributed by atoms with Crippen molar-refractivity contribution in [3.63, 3.8) is 0 Å². The number of rotatable bonds is 5. The second-order valence-electron chi connectivity index (χ2n) is 7.11. The number of benzene rings is 1. The number of aryl methyl sites for hydroxylation is 1. The number of thiol groups is 1. The minimum atomic E-state index is -4.44. The zero-order valence-electron chi connectivity index (χ0n) is 17.8. The first-order chi connectivity index (χ1) is 15.7. The lowest BCUT2D eigenvalue weighted by atomic mass is 10.2. The first kappa shape index (κ1) is 27.1. The monoisotopic (exact) mass is 599 g/mol. The molecule has 0 saturated carbocycles. The van der Waals surface area contributed by atoms with Crippen molar-refractivity contribution in [3.8, 4) is 0 Å². The molecule has 0 atom stereocenters. The number of nitrogens with one attached hydrogen (secondary N) is 1. The summed E-state index contributed by atoms with van der Waals surface area (Å²) in [6.07, 6.45) is 2.92. The summed E-state index contributed by atoms with van der Waals surface area (Å²) in [5, 5.41) is 0.332. The fourth-order valence-electron chi connectivity index (χ4n) is 2.68. The predicted octanol–water partition coefficient (Wildman–Crippen LogP) is 4.23. The van der Waals surface area contributed by atoms with Crippen LogP contribution in [0.4, 0.5) is 5.69 Å². The van der Waals surface area contributed by atoms with Crippen molar-refractivity contribution >= 4 is 90.5 Å². The molecule has 0 bridgehead atoms. The van der Waals surface area contributed by atoms with Crippen molar-refractivity contribution in [3.05, 3.63) is 62.0 Å². The van der Waals surface area contributed by atoms with Crippen molar-refractivity contribution in [2.75, 3.05) is 19.0 Å². The highest BCUT2D eigenvalue weighted by Gasteiger charge is 2.32. The highest BCUT2D eigenvalue weighted by Crippen LogP contribution is 2.35. The van der Waals surface area contributed by atoms with E-state index >= 15 is 0 Å². The molecular weight excluding hydrogens is 583 g/mol. The van der Waals surface area contributed by atoms with Crippen molar-refractivity contribution in [2.24, 2.45) is 4.40 Å². The van der Waals surface area contributed by atoms with E-state index in [1.165, 1.54) is 29.1 Å². The maximum Gasteiger partial charge on any atom is 0.423 e. The zero-order valence-corrected chi connectivity index (χ0v) is 23.4. The number of thiophene rings is 1. The predicted molar refractivity (Wildman–Crippen MR) is 139 cm³/mol. The summed E-state index contributed by atoms with van der Waals surface area (Å²) < 4.78 is 59.7. The molecule has 0 aliphatic heterocycles. The molecule has 34 heavy (non-hydrogen) atoms. The van der Waals surface area contributed by atoms with E-state index in [0.717, 1.165) is 23.1 Å². The molecule has 182 valence electrons. The molecule has 0 amide bonds. The van der Waals surface area contributed by atoms with Crippen molar-refractivity contribution in [1.82, 2.24) is 4.72 Å². The van der Waals surface area contributed by atoms with Crippen LogP contribution in [0.15, 0.2) is 61.8 Å². The third-order valence-electron chi connectivity index (χ3n) is 4.44. The zero-order chi connectivity index (χ0) is 25.4. The Morgan fingerprint density at radius 2 is 1.68 bits per heavy atom. The van der Waals surface area contributed by atoms with Crippen LogP contribution in [-0.2, 0) is 20.0 Å². The van der Waals surface area contributed by atoms with Gasteiger partial charge in [-0.1, -0.05) is 34.8 Å². The number of halogens is 3. The Labute approximate surface area is 222 Å². The summed E-state index contributed by atoms with van der Waals surface area (Å²) in [6, 6.07) is 7.17. The van der Waals surface area contributed by atoms with Crippen LogP contribution in [-0.4, -0.2) is 36.9 Å². The minimum Gasteiger partial charge on any atom is -0.377 e. The van der Waals surface area contributed by atoms with E-state index in [1.54, 1.807) is 19.1 Å². The lowest BCUT2D eigenvalue weighted by Crippen LogP contribution is -2.53. The minimum absolute atomic E-state index is 0.0749. The fourth-order valence-corrected chi connectivity index (χ4v) is 7.77. The lowest BCUT2D eigenvalue weighted by molar-refractivity contribution is -0.558. The number of aromatic nitrogens is 1. The molecule has 0 aliphatic rings. The van der Waals surface area contributed by atoms with Crippen LogP contribution >= 0.6 is 58.8 Å². The summed E-state index contributed by atoms with van der Waals surface area (Å²) in [5.74, 6) is -0.510. The maximum absolute atomic E-state index is 13.2. The smallest absolute Gasteiger partial charge is 0.377 e. The van der Waals surface area contributed by atoms with Gasteiger partial charge in [0.25, 0.3) is 0 Å². The molecule has 1 aromatic carbocycles. The number of anilines is 1. The van der Waals surface area contributed by atoms with Gasteiger partial charge < -0.3 is 4.90 Å². The Morgan fingerprint density at radius 3 is 2.21 bits per heavy atom. The molecule has 0 spiro atoms. The van der Waals surface area contributed by atoms with Crippen LogP contribution in [0.3, 0.4) is 0 Å². The van der Waals surface area contributed by atoms with Crippen LogP contribution in [0.25, 0.3) is 0 Å². The molecule has 2 aromatic heterocycles. The molecule has 0 saturated heterocycles. The average Bonchev–Trinajstić information content (AvgIpc) is 3.08. The normalized spacial score (nSPS) is 12.6. The van der Waals surface area contributed by atoms with E-state index in [9.17, 15) is 16.8 Å². The molecule has 0 aliphatic carbocycles. The molecule has 15 heteroatoms. The van der Waals surface area contributed by atoms with Gasteiger partial charge in [-0.3, -0.25) is 0 Å². The fraction of sp³-hybridized carbons (Fsp3) is 0.158. The van der Waals surface area contributed by atoms with Gasteiger partial charge in [0, 0.05) is 34.1 Å². The highest BCUT2D eigenvalue weighted by molar-refractivity contribution is 7.92.